The zero-order valence-corrected chi connectivity index (χ0v) is 9.90. The van der Waals surface area contributed by atoms with Crippen molar-refractivity contribution in [2.75, 3.05) is 6.61 Å². The molecular weight excluding hydrogens is 265 g/mol. The molecule has 0 amide bonds. The second-order valence-corrected chi connectivity index (χ2v) is 3.32. The molecule has 0 heterocycles. The molecule has 0 bridgehead atoms. The fourth-order valence-electron chi connectivity index (χ4n) is 1.28. The largest absolute Gasteiger partial charge is 0.490 e. The van der Waals surface area contributed by atoms with Crippen LogP contribution in [0, 0.1) is 0 Å². The summed E-state index contributed by atoms with van der Waals surface area (Å²) in [6.07, 6.45) is 0.747. The van der Waals surface area contributed by atoms with Gasteiger partial charge in [0.25, 0.3) is 0 Å². The Morgan fingerprint density at radius 3 is 2.63 bits per heavy atom. The summed E-state index contributed by atoms with van der Waals surface area (Å²) in [6.45, 7) is -1.20. The standard InChI is InChI=1S/C12H11F3O4/c1-2-18-10-6-7(5-8(13)11(16)17)3-4-9(10)19-12(14)15/h3-6,12H,2H2,1H3,(H,16,17). The van der Waals surface area contributed by atoms with Gasteiger partial charge in [0.05, 0.1) is 6.61 Å². The Balaban J connectivity index is 3.08. The zero-order chi connectivity index (χ0) is 14.4. The van der Waals surface area contributed by atoms with Crippen LogP contribution in [0.4, 0.5) is 13.2 Å². The molecule has 0 saturated heterocycles. The average Bonchev–Trinajstić information content (AvgIpc) is 2.32. The van der Waals surface area contributed by atoms with E-state index in [0.29, 0.717) is 0 Å². The molecule has 0 aliphatic rings. The summed E-state index contributed by atoms with van der Waals surface area (Å²) in [6, 6.07) is 3.60. The molecule has 0 spiro atoms. The monoisotopic (exact) mass is 276 g/mol. The lowest BCUT2D eigenvalue weighted by Gasteiger charge is -2.11. The van der Waals surface area contributed by atoms with Crippen molar-refractivity contribution in [2.24, 2.45) is 0 Å². The van der Waals surface area contributed by atoms with Gasteiger partial charge in [-0.3, -0.25) is 0 Å². The van der Waals surface area contributed by atoms with Gasteiger partial charge < -0.3 is 14.6 Å². The van der Waals surface area contributed by atoms with Crippen molar-refractivity contribution in [3.05, 3.63) is 29.6 Å². The first-order chi connectivity index (χ1) is 8.93. The van der Waals surface area contributed by atoms with Gasteiger partial charge >= 0.3 is 12.6 Å². The van der Waals surface area contributed by atoms with E-state index in [9.17, 15) is 18.0 Å². The Labute approximate surface area is 107 Å². The molecule has 0 saturated carbocycles. The maximum Gasteiger partial charge on any atom is 0.387 e. The van der Waals surface area contributed by atoms with Gasteiger partial charge in [0.1, 0.15) is 0 Å². The molecule has 0 fully saturated rings. The average molecular weight is 276 g/mol. The quantitative estimate of drug-likeness (QED) is 0.811. The number of hydrogen-bond acceptors (Lipinski definition) is 3. The molecule has 0 unspecified atom stereocenters. The van der Waals surface area contributed by atoms with Gasteiger partial charge in [-0.05, 0) is 30.7 Å². The maximum absolute atomic E-state index is 12.9. The zero-order valence-electron chi connectivity index (χ0n) is 9.90. The van der Waals surface area contributed by atoms with Crippen LogP contribution >= 0.6 is 0 Å². The summed E-state index contributed by atoms with van der Waals surface area (Å²) in [5.74, 6) is -3.31. The van der Waals surface area contributed by atoms with E-state index in [2.05, 4.69) is 4.74 Å². The third-order valence-electron chi connectivity index (χ3n) is 1.98. The van der Waals surface area contributed by atoms with Gasteiger partial charge in [-0.15, -0.1) is 0 Å². The number of halogens is 3. The number of alkyl halides is 2. The van der Waals surface area contributed by atoms with Crippen LogP contribution in [-0.2, 0) is 4.79 Å². The smallest absolute Gasteiger partial charge is 0.387 e. The van der Waals surface area contributed by atoms with E-state index in [1.54, 1.807) is 6.92 Å². The minimum Gasteiger partial charge on any atom is -0.490 e. The lowest BCUT2D eigenvalue weighted by molar-refractivity contribution is -0.134. The number of ether oxygens (including phenoxy) is 2. The van der Waals surface area contributed by atoms with Gasteiger partial charge in [-0.25, -0.2) is 4.79 Å². The van der Waals surface area contributed by atoms with Crippen molar-refractivity contribution in [2.45, 2.75) is 13.5 Å². The van der Waals surface area contributed by atoms with Crippen molar-refractivity contribution in [3.8, 4) is 11.5 Å². The van der Waals surface area contributed by atoms with E-state index < -0.39 is 18.4 Å². The van der Waals surface area contributed by atoms with Crippen LogP contribution in [0.5, 0.6) is 11.5 Å². The lowest BCUT2D eigenvalue weighted by Crippen LogP contribution is -2.04. The summed E-state index contributed by atoms with van der Waals surface area (Å²) in [5.41, 5.74) is 0.157. The number of aliphatic carboxylic acids is 1. The molecule has 0 aliphatic carbocycles. The molecule has 104 valence electrons. The fraction of sp³-hybridized carbons (Fsp3) is 0.250. The molecule has 1 rings (SSSR count). The topological polar surface area (TPSA) is 55.8 Å². The lowest BCUT2D eigenvalue weighted by atomic mass is 10.2. The Kier molecular flexibility index (Phi) is 5.23. The van der Waals surface area contributed by atoms with Gasteiger partial charge in [-0.1, -0.05) is 6.07 Å². The molecule has 1 N–H and O–H groups in total. The van der Waals surface area contributed by atoms with Gasteiger partial charge in [0, 0.05) is 0 Å². The summed E-state index contributed by atoms with van der Waals surface area (Å²) in [7, 11) is 0. The molecule has 0 radical (unpaired) electrons. The highest BCUT2D eigenvalue weighted by atomic mass is 19.3. The molecular formula is C12H11F3O4. The summed E-state index contributed by atoms with van der Waals surface area (Å²) >= 11 is 0. The minimum atomic E-state index is -3.02. The summed E-state index contributed by atoms with van der Waals surface area (Å²) in [5, 5.41) is 8.39. The Bertz CT molecular complexity index is 486. The second kappa shape index (κ2) is 6.67. The first-order valence-corrected chi connectivity index (χ1v) is 5.26. The highest BCUT2D eigenvalue weighted by molar-refractivity contribution is 5.89. The first-order valence-electron chi connectivity index (χ1n) is 5.26. The highest BCUT2D eigenvalue weighted by Gasteiger charge is 2.12. The van der Waals surface area contributed by atoms with E-state index in [-0.39, 0.29) is 23.7 Å². The maximum atomic E-state index is 12.9. The van der Waals surface area contributed by atoms with E-state index in [0.717, 1.165) is 12.1 Å². The summed E-state index contributed by atoms with van der Waals surface area (Å²) in [4.78, 5) is 10.3. The van der Waals surface area contributed by atoms with Crippen LogP contribution in [0.15, 0.2) is 24.0 Å². The number of carbonyl (C=O) groups is 1. The van der Waals surface area contributed by atoms with Crippen LogP contribution < -0.4 is 9.47 Å². The third-order valence-corrected chi connectivity index (χ3v) is 1.98. The number of carboxylic acids is 1. The molecule has 0 aliphatic heterocycles. The van der Waals surface area contributed by atoms with E-state index in [1.165, 1.54) is 12.1 Å². The van der Waals surface area contributed by atoms with Crippen molar-refractivity contribution >= 4 is 12.0 Å². The SMILES string of the molecule is CCOc1cc(C=C(F)C(=O)O)ccc1OC(F)F. The van der Waals surface area contributed by atoms with E-state index >= 15 is 0 Å². The Morgan fingerprint density at radius 2 is 2.11 bits per heavy atom. The van der Waals surface area contributed by atoms with Crippen LogP contribution in [0.3, 0.4) is 0 Å². The molecule has 7 heteroatoms. The highest BCUT2D eigenvalue weighted by Crippen LogP contribution is 2.30. The second-order valence-electron chi connectivity index (χ2n) is 3.32. The van der Waals surface area contributed by atoms with Crippen LogP contribution in [-0.4, -0.2) is 24.3 Å². The van der Waals surface area contributed by atoms with Crippen LogP contribution in [0.2, 0.25) is 0 Å². The number of rotatable bonds is 6. The van der Waals surface area contributed by atoms with Gasteiger partial charge in [0.15, 0.2) is 11.5 Å². The molecule has 1 aromatic carbocycles. The van der Waals surface area contributed by atoms with Crippen LogP contribution in [0.1, 0.15) is 12.5 Å². The van der Waals surface area contributed by atoms with Gasteiger partial charge in [-0.2, -0.15) is 13.2 Å². The number of benzene rings is 1. The van der Waals surface area contributed by atoms with Crippen molar-refractivity contribution in [1.82, 2.24) is 0 Å². The molecule has 0 aromatic heterocycles. The van der Waals surface area contributed by atoms with Crippen molar-refractivity contribution in [3.63, 3.8) is 0 Å². The molecule has 1 aromatic rings. The third kappa shape index (κ3) is 4.53. The van der Waals surface area contributed by atoms with Crippen LogP contribution in [0.25, 0.3) is 6.08 Å². The molecule has 0 atom stereocenters. The minimum absolute atomic E-state index is 0.0188. The Hall–Kier alpha value is -2.18. The number of carboxylic acid groups (broad SMARTS) is 1. The first kappa shape index (κ1) is 14.9. The molecule has 19 heavy (non-hydrogen) atoms. The van der Waals surface area contributed by atoms with Crippen molar-refractivity contribution < 1.29 is 32.5 Å². The predicted octanol–water partition coefficient (Wildman–Crippen LogP) is 3.08. The molecule has 4 nitrogen and oxygen atoms in total. The van der Waals surface area contributed by atoms with E-state index in [4.69, 9.17) is 9.84 Å². The predicted molar refractivity (Wildman–Crippen MR) is 61.0 cm³/mol. The van der Waals surface area contributed by atoms with Crippen molar-refractivity contribution in [1.29, 1.82) is 0 Å². The normalized spacial score (nSPS) is 11.5. The number of hydrogen-bond donors (Lipinski definition) is 1. The van der Waals surface area contributed by atoms with Gasteiger partial charge in [0.2, 0.25) is 5.83 Å². The fourth-order valence-corrected chi connectivity index (χ4v) is 1.28. The summed E-state index contributed by atoms with van der Waals surface area (Å²) < 4.78 is 46.4. The van der Waals surface area contributed by atoms with E-state index in [1.807, 2.05) is 0 Å². The Morgan fingerprint density at radius 1 is 1.42 bits per heavy atom.